The Kier molecular flexibility index (Phi) is 12.7. The summed E-state index contributed by atoms with van der Waals surface area (Å²) in [6, 6.07) is 0. The lowest BCUT2D eigenvalue weighted by Gasteiger charge is -2.12. The van der Waals surface area contributed by atoms with Crippen LogP contribution in [0.15, 0.2) is 0 Å². The molecule has 2 unspecified atom stereocenters. The predicted octanol–water partition coefficient (Wildman–Crippen LogP) is 3.55. The SMILES string of the molecule is CCOC(C)CCCOC(=O)OCCCC(C)OCC. The first-order valence-corrected chi connectivity index (χ1v) is 7.62. The van der Waals surface area contributed by atoms with Crippen molar-refractivity contribution in [2.75, 3.05) is 26.4 Å². The Morgan fingerprint density at radius 3 is 1.60 bits per heavy atom. The second-order valence-electron chi connectivity index (χ2n) is 4.76. The normalized spacial score (nSPS) is 13.8. The van der Waals surface area contributed by atoms with Crippen LogP contribution < -0.4 is 0 Å². The van der Waals surface area contributed by atoms with Gasteiger partial charge < -0.3 is 18.9 Å². The van der Waals surface area contributed by atoms with Gasteiger partial charge in [0.25, 0.3) is 0 Å². The summed E-state index contributed by atoms with van der Waals surface area (Å²) in [7, 11) is 0. The highest BCUT2D eigenvalue weighted by atomic mass is 16.7. The summed E-state index contributed by atoms with van der Waals surface area (Å²) in [5.41, 5.74) is 0. The molecule has 5 nitrogen and oxygen atoms in total. The Labute approximate surface area is 122 Å². The third-order valence-electron chi connectivity index (χ3n) is 2.85. The van der Waals surface area contributed by atoms with Gasteiger partial charge in [0, 0.05) is 13.2 Å². The number of ether oxygens (including phenoxy) is 4. The molecule has 0 heterocycles. The van der Waals surface area contributed by atoms with Crippen molar-refractivity contribution in [2.45, 2.75) is 65.6 Å². The molecular weight excluding hydrogens is 260 g/mol. The largest absolute Gasteiger partial charge is 0.508 e. The summed E-state index contributed by atoms with van der Waals surface area (Å²) in [4.78, 5) is 11.3. The molecule has 120 valence electrons. The Bertz CT molecular complexity index is 210. The van der Waals surface area contributed by atoms with E-state index < -0.39 is 6.16 Å². The molecule has 0 N–H and O–H groups in total. The van der Waals surface area contributed by atoms with Crippen LogP contribution in [0.25, 0.3) is 0 Å². The zero-order valence-corrected chi connectivity index (χ0v) is 13.4. The van der Waals surface area contributed by atoms with Gasteiger partial charge in [-0.1, -0.05) is 0 Å². The molecule has 0 fully saturated rings. The highest BCUT2D eigenvalue weighted by Crippen LogP contribution is 2.04. The molecular formula is C15H30O5. The van der Waals surface area contributed by atoms with Crippen LogP contribution in [0.5, 0.6) is 0 Å². The summed E-state index contributed by atoms with van der Waals surface area (Å²) >= 11 is 0. The van der Waals surface area contributed by atoms with E-state index in [2.05, 4.69) is 0 Å². The van der Waals surface area contributed by atoms with Crippen molar-refractivity contribution in [3.8, 4) is 0 Å². The van der Waals surface area contributed by atoms with E-state index in [9.17, 15) is 4.79 Å². The summed E-state index contributed by atoms with van der Waals surface area (Å²) in [5.74, 6) is 0. The molecule has 0 saturated carbocycles. The van der Waals surface area contributed by atoms with Crippen LogP contribution in [0, 0.1) is 0 Å². The van der Waals surface area contributed by atoms with Crippen molar-refractivity contribution >= 4 is 6.16 Å². The second-order valence-corrected chi connectivity index (χ2v) is 4.76. The molecule has 0 radical (unpaired) electrons. The first-order chi connectivity index (χ1) is 9.60. The van der Waals surface area contributed by atoms with E-state index in [0.29, 0.717) is 26.4 Å². The molecule has 0 bridgehead atoms. The summed E-state index contributed by atoms with van der Waals surface area (Å²) in [5, 5.41) is 0. The Hall–Kier alpha value is -0.810. The maximum atomic E-state index is 11.3. The molecule has 0 aromatic rings. The topological polar surface area (TPSA) is 54.0 Å². The van der Waals surface area contributed by atoms with E-state index in [1.165, 1.54) is 0 Å². The number of hydrogen-bond acceptors (Lipinski definition) is 5. The molecule has 0 aromatic heterocycles. The van der Waals surface area contributed by atoms with Gasteiger partial charge in [0.2, 0.25) is 0 Å². The van der Waals surface area contributed by atoms with Crippen molar-refractivity contribution in [3.05, 3.63) is 0 Å². The van der Waals surface area contributed by atoms with E-state index in [1.54, 1.807) is 0 Å². The summed E-state index contributed by atoms with van der Waals surface area (Å²) < 4.78 is 20.7. The Balaban J connectivity index is 3.37. The fraction of sp³-hybridized carbons (Fsp3) is 0.933. The average Bonchev–Trinajstić information content (AvgIpc) is 2.40. The van der Waals surface area contributed by atoms with Crippen molar-refractivity contribution in [1.82, 2.24) is 0 Å². The third kappa shape index (κ3) is 12.2. The fourth-order valence-electron chi connectivity index (χ4n) is 1.83. The molecule has 0 aliphatic heterocycles. The van der Waals surface area contributed by atoms with Crippen molar-refractivity contribution in [1.29, 1.82) is 0 Å². The minimum atomic E-state index is -0.585. The number of hydrogen-bond donors (Lipinski definition) is 0. The minimum Gasteiger partial charge on any atom is -0.434 e. The molecule has 0 aliphatic carbocycles. The van der Waals surface area contributed by atoms with Crippen LogP contribution in [-0.4, -0.2) is 44.8 Å². The van der Waals surface area contributed by atoms with Gasteiger partial charge in [-0.05, 0) is 53.4 Å². The maximum absolute atomic E-state index is 11.3. The molecule has 0 rings (SSSR count). The molecule has 20 heavy (non-hydrogen) atoms. The van der Waals surface area contributed by atoms with Gasteiger partial charge in [-0.2, -0.15) is 0 Å². The molecule has 2 atom stereocenters. The summed E-state index contributed by atoms with van der Waals surface area (Å²) in [6.07, 6.45) is 3.17. The van der Waals surface area contributed by atoms with Crippen LogP contribution in [-0.2, 0) is 18.9 Å². The highest BCUT2D eigenvalue weighted by molar-refractivity contribution is 5.59. The van der Waals surface area contributed by atoms with Crippen molar-refractivity contribution in [3.63, 3.8) is 0 Å². The van der Waals surface area contributed by atoms with Crippen LogP contribution >= 0.6 is 0 Å². The number of carbonyl (C=O) groups is 1. The van der Waals surface area contributed by atoms with Crippen molar-refractivity contribution < 1.29 is 23.7 Å². The second kappa shape index (κ2) is 13.2. The Morgan fingerprint density at radius 2 is 1.25 bits per heavy atom. The monoisotopic (exact) mass is 290 g/mol. The minimum absolute atomic E-state index is 0.208. The number of rotatable bonds is 12. The average molecular weight is 290 g/mol. The third-order valence-corrected chi connectivity index (χ3v) is 2.85. The van der Waals surface area contributed by atoms with Gasteiger partial charge in [-0.3, -0.25) is 0 Å². The van der Waals surface area contributed by atoms with Gasteiger partial charge in [0.05, 0.1) is 25.4 Å². The Morgan fingerprint density at radius 1 is 0.850 bits per heavy atom. The van der Waals surface area contributed by atoms with Crippen LogP contribution in [0.4, 0.5) is 4.79 Å². The number of carbonyl (C=O) groups excluding carboxylic acids is 1. The van der Waals surface area contributed by atoms with Crippen LogP contribution in [0.2, 0.25) is 0 Å². The van der Waals surface area contributed by atoms with E-state index in [-0.39, 0.29) is 12.2 Å². The molecule has 0 aromatic carbocycles. The standard InChI is InChI=1S/C15H30O5/c1-5-17-13(3)9-7-11-19-15(16)20-12-8-10-14(4)18-6-2/h13-14H,5-12H2,1-4H3. The first kappa shape index (κ1) is 19.2. The van der Waals surface area contributed by atoms with Gasteiger partial charge in [-0.15, -0.1) is 0 Å². The smallest absolute Gasteiger partial charge is 0.434 e. The molecule has 0 saturated heterocycles. The van der Waals surface area contributed by atoms with Gasteiger partial charge in [0.15, 0.2) is 0 Å². The molecule has 5 heteroatoms. The zero-order valence-electron chi connectivity index (χ0n) is 13.4. The van der Waals surface area contributed by atoms with Crippen molar-refractivity contribution in [2.24, 2.45) is 0 Å². The highest BCUT2D eigenvalue weighted by Gasteiger charge is 2.06. The van der Waals surface area contributed by atoms with E-state index in [1.807, 2.05) is 27.7 Å². The van der Waals surface area contributed by atoms with E-state index >= 15 is 0 Å². The lowest BCUT2D eigenvalue weighted by molar-refractivity contribution is 0.0342. The first-order valence-electron chi connectivity index (χ1n) is 7.62. The quantitative estimate of drug-likeness (QED) is 0.406. The zero-order chi connectivity index (χ0) is 15.2. The fourth-order valence-corrected chi connectivity index (χ4v) is 1.83. The summed E-state index contributed by atoms with van der Waals surface area (Å²) in [6.45, 7) is 10.2. The lowest BCUT2D eigenvalue weighted by atomic mass is 10.2. The van der Waals surface area contributed by atoms with E-state index in [0.717, 1.165) is 25.7 Å². The lowest BCUT2D eigenvalue weighted by Crippen LogP contribution is -2.14. The van der Waals surface area contributed by atoms with Crippen LogP contribution in [0.1, 0.15) is 53.4 Å². The molecule has 0 amide bonds. The van der Waals surface area contributed by atoms with Gasteiger partial charge in [-0.25, -0.2) is 4.79 Å². The molecule has 0 spiro atoms. The maximum Gasteiger partial charge on any atom is 0.508 e. The van der Waals surface area contributed by atoms with Crippen LogP contribution in [0.3, 0.4) is 0 Å². The predicted molar refractivity (Wildman–Crippen MR) is 77.9 cm³/mol. The van der Waals surface area contributed by atoms with E-state index in [4.69, 9.17) is 18.9 Å². The van der Waals surface area contributed by atoms with Gasteiger partial charge in [0.1, 0.15) is 0 Å². The van der Waals surface area contributed by atoms with Gasteiger partial charge >= 0.3 is 6.16 Å². The molecule has 0 aliphatic rings.